The third-order valence-corrected chi connectivity index (χ3v) is 5.06. The van der Waals surface area contributed by atoms with Crippen LogP contribution in [0.15, 0.2) is 77.7 Å². The van der Waals surface area contributed by atoms with E-state index in [4.69, 9.17) is 16.3 Å². The minimum atomic E-state index is -0.180. The van der Waals surface area contributed by atoms with Crippen molar-refractivity contribution in [1.82, 2.24) is 0 Å². The molecule has 3 aromatic rings. The number of carbonyl (C=O) groups is 1. The lowest BCUT2D eigenvalue weighted by molar-refractivity contribution is 0.102. The molecule has 5 heteroatoms. The van der Waals surface area contributed by atoms with Crippen LogP contribution in [0.25, 0.3) is 0 Å². The Labute approximate surface area is 162 Å². The van der Waals surface area contributed by atoms with Crippen molar-refractivity contribution >= 4 is 35.0 Å². The standard InChI is InChI=1S/C21H18ClNO2S/c1-25-20-11-10-15(21(24)23-18-7-5-6-17(22)13-18)12-16(20)14-26-19-8-3-2-4-9-19/h2-13H,14H2,1H3,(H,23,24). The number of amides is 1. The Kier molecular flexibility index (Phi) is 6.21. The summed E-state index contributed by atoms with van der Waals surface area (Å²) < 4.78 is 5.44. The molecule has 0 radical (unpaired) electrons. The Balaban J connectivity index is 1.76. The van der Waals surface area contributed by atoms with Crippen LogP contribution in [0.1, 0.15) is 15.9 Å². The molecule has 26 heavy (non-hydrogen) atoms. The molecule has 0 aliphatic carbocycles. The quantitative estimate of drug-likeness (QED) is 0.539. The van der Waals surface area contributed by atoms with E-state index in [1.54, 1.807) is 49.2 Å². The number of hydrogen-bond acceptors (Lipinski definition) is 3. The second-order valence-electron chi connectivity index (χ2n) is 5.59. The van der Waals surface area contributed by atoms with Gasteiger partial charge in [-0.25, -0.2) is 0 Å². The fourth-order valence-electron chi connectivity index (χ4n) is 2.48. The summed E-state index contributed by atoms with van der Waals surface area (Å²) in [4.78, 5) is 13.7. The first kappa shape index (κ1) is 18.4. The Bertz CT molecular complexity index is 900. The molecule has 3 nitrogen and oxygen atoms in total. The van der Waals surface area contributed by atoms with Gasteiger partial charge in [-0.15, -0.1) is 11.8 Å². The Morgan fingerprint density at radius 1 is 1.04 bits per heavy atom. The molecule has 1 N–H and O–H groups in total. The molecular weight excluding hydrogens is 366 g/mol. The molecule has 3 rings (SSSR count). The van der Waals surface area contributed by atoms with Gasteiger partial charge >= 0.3 is 0 Å². The first-order valence-corrected chi connectivity index (χ1v) is 9.44. The smallest absolute Gasteiger partial charge is 0.255 e. The lowest BCUT2D eigenvalue weighted by Gasteiger charge is -2.11. The average molecular weight is 384 g/mol. The van der Waals surface area contributed by atoms with Gasteiger partial charge in [0.2, 0.25) is 0 Å². The van der Waals surface area contributed by atoms with Crippen LogP contribution in [0.4, 0.5) is 5.69 Å². The van der Waals surface area contributed by atoms with Crippen LogP contribution in [0.3, 0.4) is 0 Å². The van der Waals surface area contributed by atoms with E-state index in [0.29, 0.717) is 22.0 Å². The zero-order valence-electron chi connectivity index (χ0n) is 14.2. The number of methoxy groups -OCH3 is 1. The average Bonchev–Trinajstić information content (AvgIpc) is 2.67. The SMILES string of the molecule is COc1ccc(C(=O)Nc2cccc(Cl)c2)cc1CSc1ccccc1. The van der Waals surface area contributed by atoms with Gasteiger partial charge in [-0.05, 0) is 48.5 Å². The van der Waals surface area contributed by atoms with Crippen LogP contribution < -0.4 is 10.1 Å². The first-order valence-electron chi connectivity index (χ1n) is 8.07. The van der Waals surface area contributed by atoms with Gasteiger partial charge in [-0.3, -0.25) is 4.79 Å². The number of carbonyl (C=O) groups excluding carboxylic acids is 1. The number of rotatable bonds is 6. The van der Waals surface area contributed by atoms with Crippen LogP contribution in [-0.4, -0.2) is 13.0 Å². The number of ether oxygens (including phenoxy) is 1. The fourth-order valence-corrected chi connectivity index (χ4v) is 3.57. The van der Waals surface area contributed by atoms with Gasteiger partial charge < -0.3 is 10.1 Å². The van der Waals surface area contributed by atoms with Crippen molar-refractivity contribution in [2.75, 3.05) is 12.4 Å². The van der Waals surface area contributed by atoms with Crippen molar-refractivity contribution < 1.29 is 9.53 Å². The van der Waals surface area contributed by atoms with Crippen molar-refractivity contribution in [3.63, 3.8) is 0 Å². The molecule has 0 bridgehead atoms. The first-order chi connectivity index (χ1) is 12.7. The van der Waals surface area contributed by atoms with Gasteiger partial charge in [0, 0.05) is 32.5 Å². The number of halogens is 1. The van der Waals surface area contributed by atoms with Crippen LogP contribution in [-0.2, 0) is 5.75 Å². The summed E-state index contributed by atoms with van der Waals surface area (Å²) in [5, 5.41) is 3.45. The number of thioether (sulfide) groups is 1. The summed E-state index contributed by atoms with van der Waals surface area (Å²) in [5.41, 5.74) is 2.22. The van der Waals surface area contributed by atoms with Gasteiger partial charge in [0.05, 0.1) is 7.11 Å². The Hall–Kier alpha value is -2.43. The normalized spacial score (nSPS) is 10.4. The molecule has 0 aliphatic heterocycles. The van der Waals surface area contributed by atoms with E-state index in [0.717, 1.165) is 11.3 Å². The highest BCUT2D eigenvalue weighted by Crippen LogP contribution is 2.29. The fraction of sp³-hybridized carbons (Fsp3) is 0.0952. The molecule has 0 aliphatic rings. The molecule has 0 aromatic heterocycles. The second kappa shape index (κ2) is 8.79. The Morgan fingerprint density at radius 3 is 2.58 bits per heavy atom. The maximum absolute atomic E-state index is 12.5. The molecule has 3 aromatic carbocycles. The van der Waals surface area contributed by atoms with E-state index in [1.165, 1.54) is 4.90 Å². The molecule has 0 saturated carbocycles. The minimum Gasteiger partial charge on any atom is -0.496 e. The predicted octanol–water partition coefficient (Wildman–Crippen LogP) is 5.89. The summed E-state index contributed by atoms with van der Waals surface area (Å²) >= 11 is 7.67. The summed E-state index contributed by atoms with van der Waals surface area (Å²) in [6.45, 7) is 0. The van der Waals surface area contributed by atoms with E-state index in [2.05, 4.69) is 17.4 Å². The molecule has 0 heterocycles. The maximum Gasteiger partial charge on any atom is 0.255 e. The van der Waals surface area contributed by atoms with E-state index in [1.807, 2.05) is 30.3 Å². The highest BCUT2D eigenvalue weighted by Gasteiger charge is 2.11. The van der Waals surface area contributed by atoms with Crippen molar-refractivity contribution in [3.8, 4) is 5.75 Å². The minimum absolute atomic E-state index is 0.180. The zero-order chi connectivity index (χ0) is 18.4. The van der Waals surface area contributed by atoms with Gasteiger partial charge in [-0.1, -0.05) is 35.9 Å². The van der Waals surface area contributed by atoms with E-state index >= 15 is 0 Å². The molecule has 0 atom stereocenters. The third-order valence-electron chi connectivity index (χ3n) is 3.76. The summed E-state index contributed by atoms with van der Waals surface area (Å²) in [6, 6.07) is 22.7. The third kappa shape index (κ3) is 4.81. The lowest BCUT2D eigenvalue weighted by Crippen LogP contribution is -2.12. The second-order valence-corrected chi connectivity index (χ2v) is 7.08. The van der Waals surface area contributed by atoms with Gasteiger partial charge in [-0.2, -0.15) is 0 Å². The molecule has 0 saturated heterocycles. The molecule has 0 unspecified atom stereocenters. The predicted molar refractivity (Wildman–Crippen MR) is 108 cm³/mol. The van der Waals surface area contributed by atoms with Crippen LogP contribution >= 0.6 is 23.4 Å². The number of anilines is 1. The van der Waals surface area contributed by atoms with Crippen LogP contribution in [0.2, 0.25) is 5.02 Å². The van der Waals surface area contributed by atoms with Crippen LogP contribution in [0, 0.1) is 0 Å². The topological polar surface area (TPSA) is 38.3 Å². The molecule has 0 fully saturated rings. The van der Waals surface area contributed by atoms with Crippen molar-refractivity contribution in [1.29, 1.82) is 0 Å². The summed E-state index contributed by atoms with van der Waals surface area (Å²) in [5.74, 6) is 1.31. The van der Waals surface area contributed by atoms with Gasteiger partial charge in [0.1, 0.15) is 5.75 Å². The Morgan fingerprint density at radius 2 is 1.85 bits per heavy atom. The van der Waals surface area contributed by atoms with Gasteiger partial charge in [0.25, 0.3) is 5.91 Å². The highest BCUT2D eigenvalue weighted by atomic mass is 35.5. The van der Waals surface area contributed by atoms with Crippen molar-refractivity contribution in [3.05, 3.63) is 88.9 Å². The van der Waals surface area contributed by atoms with Crippen molar-refractivity contribution in [2.45, 2.75) is 10.6 Å². The summed E-state index contributed by atoms with van der Waals surface area (Å²) in [6.07, 6.45) is 0. The molecule has 0 spiro atoms. The van der Waals surface area contributed by atoms with Crippen molar-refractivity contribution in [2.24, 2.45) is 0 Å². The van der Waals surface area contributed by atoms with E-state index in [9.17, 15) is 4.79 Å². The molecule has 132 valence electrons. The number of benzene rings is 3. The van der Waals surface area contributed by atoms with Gasteiger partial charge in [0.15, 0.2) is 0 Å². The molecular formula is C21H18ClNO2S. The lowest BCUT2D eigenvalue weighted by atomic mass is 10.1. The monoisotopic (exact) mass is 383 g/mol. The van der Waals surface area contributed by atoms with E-state index in [-0.39, 0.29) is 5.91 Å². The molecule has 1 amide bonds. The highest BCUT2D eigenvalue weighted by molar-refractivity contribution is 7.98. The van der Waals surface area contributed by atoms with Crippen LogP contribution in [0.5, 0.6) is 5.75 Å². The largest absolute Gasteiger partial charge is 0.496 e. The number of hydrogen-bond donors (Lipinski definition) is 1. The number of nitrogens with one attached hydrogen (secondary N) is 1. The maximum atomic E-state index is 12.5. The van der Waals surface area contributed by atoms with E-state index < -0.39 is 0 Å². The summed E-state index contributed by atoms with van der Waals surface area (Å²) in [7, 11) is 1.64. The zero-order valence-corrected chi connectivity index (χ0v) is 15.8.